The first-order chi connectivity index (χ1) is 9.74. The maximum atomic E-state index is 4.71. The number of unbranched alkanes of at least 4 members (excludes halogenated alkanes) is 2. The van der Waals surface area contributed by atoms with Gasteiger partial charge in [-0.15, -0.1) is 0 Å². The van der Waals surface area contributed by atoms with E-state index in [1.54, 1.807) is 0 Å². The second-order valence-electron chi connectivity index (χ2n) is 5.38. The molecule has 0 radical (unpaired) electrons. The number of pyridine rings is 1. The summed E-state index contributed by atoms with van der Waals surface area (Å²) in [5.74, 6) is 0.992. The van der Waals surface area contributed by atoms with Gasteiger partial charge >= 0.3 is 0 Å². The molecule has 0 aliphatic carbocycles. The Morgan fingerprint density at radius 3 is 2.75 bits per heavy atom. The molecular weight excluding hydrogens is 246 g/mol. The molecule has 1 N–H and O–H groups in total. The molecule has 0 saturated heterocycles. The standard InChI is InChI=1S/C17H25N3/c1-4-5-8-11-20(3)13-15-12-14-9-6-7-10-16(14)19-17(15)18-2/h6-7,9-10,12H,4-5,8,11,13H2,1-3H3,(H,18,19). The van der Waals surface area contributed by atoms with Crippen LogP contribution >= 0.6 is 0 Å². The number of para-hydroxylation sites is 1. The van der Waals surface area contributed by atoms with Crippen LogP contribution in [0.15, 0.2) is 30.3 Å². The summed E-state index contributed by atoms with van der Waals surface area (Å²) in [5, 5.41) is 4.43. The second kappa shape index (κ2) is 7.25. The fourth-order valence-corrected chi connectivity index (χ4v) is 2.50. The minimum atomic E-state index is 0.942. The third-order valence-corrected chi connectivity index (χ3v) is 3.62. The number of benzene rings is 1. The highest BCUT2D eigenvalue weighted by Gasteiger charge is 2.08. The second-order valence-corrected chi connectivity index (χ2v) is 5.38. The zero-order valence-corrected chi connectivity index (χ0v) is 12.8. The van der Waals surface area contributed by atoms with Crippen molar-refractivity contribution in [3.63, 3.8) is 0 Å². The van der Waals surface area contributed by atoms with Crippen molar-refractivity contribution in [3.05, 3.63) is 35.9 Å². The Morgan fingerprint density at radius 2 is 2.00 bits per heavy atom. The lowest BCUT2D eigenvalue weighted by atomic mass is 10.1. The summed E-state index contributed by atoms with van der Waals surface area (Å²) >= 11 is 0. The predicted molar refractivity (Wildman–Crippen MR) is 87.1 cm³/mol. The molecule has 0 unspecified atom stereocenters. The van der Waals surface area contributed by atoms with Crippen molar-refractivity contribution in [3.8, 4) is 0 Å². The lowest BCUT2D eigenvalue weighted by Gasteiger charge is -2.18. The maximum absolute atomic E-state index is 4.71. The van der Waals surface area contributed by atoms with Crippen LogP contribution in [0.2, 0.25) is 0 Å². The van der Waals surface area contributed by atoms with Crippen LogP contribution in [0.3, 0.4) is 0 Å². The van der Waals surface area contributed by atoms with E-state index in [0.717, 1.165) is 24.4 Å². The van der Waals surface area contributed by atoms with Crippen LogP contribution in [0.1, 0.15) is 31.7 Å². The van der Waals surface area contributed by atoms with E-state index in [1.807, 2.05) is 13.1 Å². The molecule has 0 spiro atoms. The van der Waals surface area contributed by atoms with Crippen molar-refractivity contribution >= 4 is 16.7 Å². The van der Waals surface area contributed by atoms with Gasteiger partial charge in [-0.25, -0.2) is 4.98 Å². The van der Waals surface area contributed by atoms with Crippen LogP contribution < -0.4 is 5.32 Å². The summed E-state index contributed by atoms with van der Waals surface area (Å²) in [6, 6.07) is 10.5. The molecule has 1 aromatic heterocycles. The van der Waals surface area contributed by atoms with E-state index < -0.39 is 0 Å². The highest BCUT2D eigenvalue weighted by molar-refractivity contribution is 5.81. The van der Waals surface area contributed by atoms with Crippen molar-refractivity contribution < 1.29 is 0 Å². The van der Waals surface area contributed by atoms with Crippen LogP contribution in [0.25, 0.3) is 10.9 Å². The molecule has 2 rings (SSSR count). The van der Waals surface area contributed by atoms with Crippen LogP contribution in [0, 0.1) is 0 Å². The van der Waals surface area contributed by atoms with E-state index in [4.69, 9.17) is 4.98 Å². The molecule has 108 valence electrons. The van der Waals surface area contributed by atoms with Gasteiger partial charge in [-0.05, 0) is 32.1 Å². The number of anilines is 1. The molecule has 0 aliphatic heterocycles. The van der Waals surface area contributed by atoms with Crippen molar-refractivity contribution in [2.45, 2.75) is 32.7 Å². The maximum Gasteiger partial charge on any atom is 0.130 e. The third kappa shape index (κ3) is 3.70. The fourth-order valence-electron chi connectivity index (χ4n) is 2.50. The Kier molecular flexibility index (Phi) is 5.36. The predicted octanol–water partition coefficient (Wildman–Crippen LogP) is 3.90. The highest BCUT2D eigenvalue weighted by atomic mass is 15.1. The van der Waals surface area contributed by atoms with Gasteiger partial charge in [0, 0.05) is 24.5 Å². The summed E-state index contributed by atoms with van der Waals surface area (Å²) < 4.78 is 0. The molecule has 2 aromatic rings. The Labute approximate surface area is 122 Å². The average molecular weight is 271 g/mol. The summed E-state index contributed by atoms with van der Waals surface area (Å²) in [5.41, 5.74) is 2.32. The van der Waals surface area contributed by atoms with Gasteiger partial charge in [0.2, 0.25) is 0 Å². The molecule has 1 aromatic carbocycles. The smallest absolute Gasteiger partial charge is 0.130 e. The van der Waals surface area contributed by atoms with E-state index in [2.05, 4.69) is 48.5 Å². The molecule has 0 saturated carbocycles. The van der Waals surface area contributed by atoms with Crippen LogP contribution in [-0.4, -0.2) is 30.5 Å². The third-order valence-electron chi connectivity index (χ3n) is 3.62. The van der Waals surface area contributed by atoms with Crippen molar-refractivity contribution in [2.24, 2.45) is 0 Å². The van der Waals surface area contributed by atoms with E-state index in [-0.39, 0.29) is 0 Å². The number of nitrogens with zero attached hydrogens (tertiary/aromatic N) is 2. The largest absolute Gasteiger partial charge is 0.373 e. The van der Waals surface area contributed by atoms with Crippen molar-refractivity contribution in [1.82, 2.24) is 9.88 Å². The van der Waals surface area contributed by atoms with Crippen molar-refractivity contribution in [1.29, 1.82) is 0 Å². The Hall–Kier alpha value is -1.61. The topological polar surface area (TPSA) is 28.2 Å². The van der Waals surface area contributed by atoms with Crippen LogP contribution in [0.4, 0.5) is 5.82 Å². The Bertz CT molecular complexity index is 551. The first-order valence-corrected chi connectivity index (χ1v) is 7.49. The van der Waals surface area contributed by atoms with Gasteiger partial charge in [0.05, 0.1) is 5.52 Å². The normalized spacial score (nSPS) is 11.2. The first-order valence-electron chi connectivity index (χ1n) is 7.49. The molecule has 0 amide bonds. The lowest BCUT2D eigenvalue weighted by molar-refractivity contribution is 0.318. The number of fused-ring (bicyclic) bond motifs is 1. The number of rotatable bonds is 7. The van der Waals surface area contributed by atoms with Gasteiger partial charge in [0.15, 0.2) is 0 Å². The van der Waals surface area contributed by atoms with Crippen LogP contribution in [-0.2, 0) is 6.54 Å². The summed E-state index contributed by atoms with van der Waals surface area (Å²) in [6.07, 6.45) is 3.84. The van der Waals surface area contributed by atoms with Crippen molar-refractivity contribution in [2.75, 3.05) is 26.0 Å². The minimum Gasteiger partial charge on any atom is -0.373 e. The monoisotopic (exact) mass is 271 g/mol. The molecule has 1 heterocycles. The van der Waals surface area contributed by atoms with Gasteiger partial charge in [-0.1, -0.05) is 38.0 Å². The molecule has 0 atom stereocenters. The number of aromatic nitrogens is 1. The molecular formula is C17H25N3. The van der Waals surface area contributed by atoms with E-state index in [0.29, 0.717) is 0 Å². The van der Waals surface area contributed by atoms with E-state index in [9.17, 15) is 0 Å². The number of nitrogens with one attached hydrogen (secondary N) is 1. The van der Waals surface area contributed by atoms with Gasteiger partial charge in [-0.2, -0.15) is 0 Å². The van der Waals surface area contributed by atoms with Gasteiger partial charge in [-0.3, -0.25) is 0 Å². The zero-order chi connectivity index (χ0) is 14.4. The van der Waals surface area contributed by atoms with Crippen LogP contribution in [0.5, 0.6) is 0 Å². The summed E-state index contributed by atoms with van der Waals surface area (Å²) in [6.45, 7) is 4.33. The van der Waals surface area contributed by atoms with Gasteiger partial charge in [0.25, 0.3) is 0 Å². The molecule has 0 aliphatic rings. The summed E-state index contributed by atoms with van der Waals surface area (Å²) in [4.78, 5) is 7.08. The highest BCUT2D eigenvalue weighted by Crippen LogP contribution is 2.21. The molecule has 0 fully saturated rings. The minimum absolute atomic E-state index is 0.942. The number of hydrogen-bond acceptors (Lipinski definition) is 3. The summed E-state index contributed by atoms with van der Waals surface area (Å²) in [7, 11) is 4.13. The van der Waals surface area contributed by atoms with Gasteiger partial charge < -0.3 is 10.2 Å². The SMILES string of the molecule is CCCCCN(C)Cc1cc2ccccc2nc1NC. The number of hydrogen-bond donors (Lipinski definition) is 1. The molecule has 3 nitrogen and oxygen atoms in total. The quantitative estimate of drug-likeness (QED) is 0.774. The fraction of sp³-hybridized carbons (Fsp3) is 0.471. The van der Waals surface area contributed by atoms with Gasteiger partial charge in [0.1, 0.15) is 5.82 Å². The Morgan fingerprint density at radius 1 is 1.20 bits per heavy atom. The molecule has 3 heteroatoms. The van der Waals surface area contributed by atoms with E-state index >= 15 is 0 Å². The first kappa shape index (κ1) is 14.8. The Balaban J connectivity index is 2.15. The molecule has 20 heavy (non-hydrogen) atoms. The lowest BCUT2D eigenvalue weighted by Crippen LogP contribution is -2.20. The average Bonchev–Trinajstić information content (AvgIpc) is 2.46. The van der Waals surface area contributed by atoms with E-state index in [1.165, 1.54) is 30.2 Å². The zero-order valence-electron chi connectivity index (χ0n) is 12.8. The molecule has 0 bridgehead atoms.